The van der Waals surface area contributed by atoms with Crippen LogP contribution in [0.1, 0.15) is 98.3 Å². The molecule has 0 aliphatic rings. The SMILES string of the molecule is CCCCc1ccc(C#Cc2ccc(CN(C(=O)CCC(CC)CCC)c3ccc(C(=O)O)c(F)c3)cc2)cc1. The lowest BCUT2D eigenvalue weighted by Crippen LogP contribution is -2.31. The minimum Gasteiger partial charge on any atom is -0.478 e. The number of carboxylic acids is 1. The molecule has 0 aromatic heterocycles. The Bertz CT molecular complexity index is 1320. The molecule has 5 heteroatoms. The van der Waals surface area contributed by atoms with E-state index in [0.29, 0.717) is 18.0 Å². The minimum atomic E-state index is -1.34. The van der Waals surface area contributed by atoms with E-state index in [4.69, 9.17) is 0 Å². The molecule has 0 aliphatic heterocycles. The summed E-state index contributed by atoms with van der Waals surface area (Å²) in [5.41, 5.74) is 3.96. The Balaban J connectivity index is 1.77. The number of benzene rings is 3. The third-order valence-corrected chi connectivity index (χ3v) is 7.26. The zero-order valence-electron chi connectivity index (χ0n) is 23.9. The van der Waals surface area contributed by atoms with Crippen LogP contribution in [0.3, 0.4) is 0 Å². The molecule has 3 aromatic rings. The van der Waals surface area contributed by atoms with Gasteiger partial charge in [-0.05, 0) is 78.8 Å². The fraction of sp³-hybridized carbons (Fsp3) is 0.371. The van der Waals surface area contributed by atoms with Gasteiger partial charge in [0.15, 0.2) is 0 Å². The molecule has 1 unspecified atom stereocenters. The van der Waals surface area contributed by atoms with Gasteiger partial charge in [0.1, 0.15) is 5.82 Å². The number of halogens is 1. The van der Waals surface area contributed by atoms with Crippen molar-refractivity contribution in [1.82, 2.24) is 0 Å². The van der Waals surface area contributed by atoms with Crippen molar-refractivity contribution in [3.8, 4) is 11.8 Å². The van der Waals surface area contributed by atoms with E-state index < -0.39 is 17.3 Å². The number of carbonyl (C=O) groups is 2. The summed E-state index contributed by atoms with van der Waals surface area (Å²) in [4.78, 5) is 26.2. The Hall–Kier alpha value is -3.91. The van der Waals surface area contributed by atoms with Crippen molar-refractivity contribution >= 4 is 17.6 Å². The normalized spacial score (nSPS) is 11.4. The highest BCUT2D eigenvalue weighted by atomic mass is 19.1. The predicted octanol–water partition coefficient (Wildman–Crippen LogP) is 8.41. The molecule has 1 atom stereocenters. The number of unbranched alkanes of at least 4 members (excludes halogenated alkanes) is 1. The van der Waals surface area contributed by atoms with E-state index in [2.05, 4.69) is 44.7 Å². The fourth-order valence-electron chi connectivity index (χ4n) is 4.75. The van der Waals surface area contributed by atoms with Crippen molar-refractivity contribution in [2.75, 3.05) is 4.90 Å². The fourth-order valence-corrected chi connectivity index (χ4v) is 4.75. The second-order valence-corrected chi connectivity index (χ2v) is 10.3. The van der Waals surface area contributed by atoms with E-state index in [-0.39, 0.29) is 12.5 Å². The molecule has 1 amide bonds. The standard InChI is InChI=1S/C35H40FNO3/c1-4-7-9-27-10-12-28(13-11-27)14-15-29-16-18-30(19-17-29)25-37(34(38)23-20-26(6-3)8-5-2)31-21-22-32(35(39)40)33(36)24-31/h10-13,16-19,21-22,24,26H,4-9,20,23,25H2,1-3H3,(H,39,40). The maximum atomic E-state index is 14.6. The summed E-state index contributed by atoms with van der Waals surface area (Å²) in [7, 11) is 0. The van der Waals surface area contributed by atoms with E-state index in [1.807, 2.05) is 36.4 Å². The summed E-state index contributed by atoms with van der Waals surface area (Å²) < 4.78 is 14.6. The number of hydrogen-bond acceptors (Lipinski definition) is 2. The molecule has 3 aromatic carbocycles. The van der Waals surface area contributed by atoms with Gasteiger partial charge in [-0.2, -0.15) is 0 Å². The van der Waals surface area contributed by atoms with E-state index in [1.54, 1.807) is 4.90 Å². The number of nitrogens with zero attached hydrogens (tertiary/aromatic N) is 1. The van der Waals surface area contributed by atoms with Crippen LogP contribution in [-0.2, 0) is 17.8 Å². The van der Waals surface area contributed by atoms with E-state index in [9.17, 15) is 19.1 Å². The van der Waals surface area contributed by atoms with Crippen LogP contribution < -0.4 is 4.90 Å². The van der Waals surface area contributed by atoms with Crippen molar-refractivity contribution < 1.29 is 19.1 Å². The summed E-state index contributed by atoms with van der Waals surface area (Å²) >= 11 is 0. The Morgan fingerprint density at radius 3 is 2.00 bits per heavy atom. The number of carboxylic acid groups (broad SMARTS) is 1. The molecule has 0 spiro atoms. The maximum absolute atomic E-state index is 14.6. The van der Waals surface area contributed by atoms with Gasteiger partial charge < -0.3 is 10.0 Å². The van der Waals surface area contributed by atoms with Gasteiger partial charge in [-0.25, -0.2) is 9.18 Å². The van der Waals surface area contributed by atoms with Crippen LogP contribution in [0.5, 0.6) is 0 Å². The second kappa shape index (κ2) is 15.6. The van der Waals surface area contributed by atoms with E-state index in [0.717, 1.165) is 54.9 Å². The van der Waals surface area contributed by atoms with Gasteiger partial charge in [-0.15, -0.1) is 0 Å². The molecule has 0 saturated carbocycles. The first kappa shape index (κ1) is 30.6. The summed E-state index contributed by atoms with van der Waals surface area (Å²) in [6.07, 6.45) is 7.70. The van der Waals surface area contributed by atoms with Crippen molar-refractivity contribution in [1.29, 1.82) is 0 Å². The van der Waals surface area contributed by atoms with Gasteiger partial charge in [0.25, 0.3) is 0 Å². The highest BCUT2D eigenvalue weighted by molar-refractivity contribution is 5.94. The highest BCUT2D eigenvalue weighted by Crippen LogP contribution is 2.25. The molecule has 4 nitrogen and oxygen atoms in total. The molecule has 0 aliphatic carbocycles. The number of aryl methyl sites for hydroxylation is 1. The Kier molecular flexibility index (Phi) is 12.0. The summed E-state index contributed by atoms with van der Waals surface area (Å²) in [6.45, 7) is 6.72. The lowest BCUT2D eigenvalue weighted by Gasteiger charge is -2.24. The number of amides is 1. The quantitative estimate of drug-likeness (QED) is 0.221. The average Bonchev–Trinajstić information content (AvgIpc) is 2.96. The van der Waals surface area contributed by atoms with Crippen LogP contribution >= 0.6 is 0 Å². The second-order valence-electron chi connectivity index (χ2n) is 10.3. The molecular formula is C35H40FNO3. The zero-order valence-corrected chi connectivity index (χ0v) is 23.9. The first-order valence-corrected chi connectivity index (χ1v) is 14.4. The minimum absolute atomic E-state index is 0.108. The zero-order chi connectivity index (χ0) is 28.9. The highest BCUT2D eigenvalue weighted by Gasteiger charge is 2.20. The van der Waals surface area contributed by atoms with Gasteiger partial charge in [0.2, 0.25) is 5.91 Å². The molecule has 0 heterocycles. The topological polar surface area (TPSA) is 57.6 Å². The van der Waals surface area contributed by atoms with Gasteiger partial charge in [0, 0.05) is 23.2 Å². The molecule has 1 N–H and O–H groups in total. The van der Waals surface area contributed by atoms with E-state index >= 15 is 0 Å². The predicted molar refractivity (Wildman–Crippen MR) is 160 cm³/mol. The first-order valence-electron chi connectivity index (χ1n) is 14.4. The average molecular weight is 542 g/mol. The summed E-state index contributed by atoms with van der Waals surface area (Å²) in [5.74, 6) is 4.57. The van der Waals surface area contributed by atoms with Crippen LogP contribution in [0.25, 0.3) is 0 Å². The van der Waals surface area contributed by atoms with E-state index in [1.165, 1.54) is 30.5 Å². The van der Waals surface area contributed by atoms with Crippen LogP contribution in [0.15, 0.2) is 66.7 Å². The summed E-state index contributed by atoms with van der Waals surface area (Å²) in [5, 5.41) is 9.22. The summed E-state index contributed by atoms with van der Waals surface area (Å²) in [6, 6.07) is 19.9. The molecule has 0 bridgehead atoms. The van der Waals surface area contributed by atoms with Gasteiger partial charge >= 0.3 is 5.97 Å². The van der Waals surface area contributed by atoms with Crippen LogP contribution in [0, 0.1) is 23.6 Å². The van der Waals surface area contributed by atoms with Crippen molar-refractivity contribution in [3.63, 3.8) is 0 Å². The van der Waals surface area contributed by atoms with Crippen molar-refractivity contribution in [2.45, 2.75) is 78.7 Å². The molecule has 3 rings (SSSR count). The monoisotopic (exact) mass is 541 g/mol. The van der Waals surface area contributed by atoms with Crippen LogP contribution in [0.2, 0.25) is 0 Å². The van der Waals surface area contributed by atoms with Crippen molar-refractivity contribution in [2.24, 2.45) is 5.92 Å². The third-order valence-electron chi connectivity index (χ3n) is 7.26. The van der Waals surface area contributed by atoms with Crippen LogP contribution in [-0.4, -0.2) is 17.0 Å². The number of carbonyl (C=O) groups excluding carboxylic acids is 1. The number of rotatable bonds is 13. The molecular weight excluding hydrogens is 501 g/mol. The molecule has 40 heavy (non-hydrogen) atoms. The molecule has 210 valence electrons. The lowest BCUT2D eigenvalue weighted by atomic mass is 9.95. The number of anilines is 1. The smallest absolute Gasteiger partial charge is 0.338 e. The lowest BCUT2D eigenvalue weighted by molar-refractivity contribution is -0.119. The first-order chi connectivity index (χ1) is 19.3. The largest absolute Gasteiger partial charge is 0.478 e. The third kappa shape index (κ3) is 9.09. The molecule has 0 radical (unpaired) electrons. The molecule has 0 fully saturated rings. The van der Waals surface area contributed by atoms with Crippen LogP contribution in [0.4, 0.5) is 10.1 Å². The number of aromatic carboxylic acids is 1. The van der Waals surface area contributed by atoms with Gasteiger partial charge in [0.05, 0.1) is 12.1 Å². The molecule has 0 saturated heterocycles. The Morgan fingerprint density at radius 2 is 1.48 bits per heavy atom. The Labute approximate surface area is 238 Å². The van der Waals surface area contributed by atoms with Gasteiger partial charge in [-0.1, -0.05) is 82.6 Å². The Morgan fingerprint density at radius 1 is 0.850 bits per heavy atom. The van der Waals surface area contributed by atoms with Crippen molar-refractivity contribution in [3.05, 3.63) is 100 Å². The maximum Gasteiger partial charge on any atom is 0.338 e. The number of hydrogen-bond donors (Lipinski definition) is 1. The van der Waals surface area contributed by atoms with Gasteiger partial charge in [-0.3, -0.25) is 4.79 Å².